The lowest BCUT2D eigenvalue weighted by molar-refractivity contribution is 0.0468. The molecular weight excluding hydrogens is 400 g/mol. The lowest BCUT2D eigenvalue weighted by Crippen LogP contribution is -2.26. The predicted octanol–water partition coefficient (Wildman–Crippen LogP) is 3.22. The summed E-state index contributed by atoms with van der Waals surface area (Å²) < 4.78 is 7.20. The van der Waals surface area contributed by atoms with Crippen LogP contribution in [0.15, 0.2) is 57.8 Å². The van der Waals surface area contributed by atoms with Crippen LogP contribution >= 0.6 is 15.9 Å². The SMILES string of the molecule is CCn1nc(C(=O)OCC(=O)c2ccc(Br)cc2)c2ccccc2c1=O. The molecule has 132 valence electrons. The Morgan fingerprint density at radius 1 is 1.08 bits per heavy atom. The van der Waals surface area contributed by atoms with Crippen molar-refractivity contribution in [2.24, 2.45) is 0 Å². The molecular formula is C19H15BrN2O4. The van der Waals surface area contributed by atoms with Crippen LogP contribution in [-0.4, -0.2) is 28.1 Å². The van der Waals surface area contributed by atoms with Crippen molar-refractivity contribution in [3.05, 3.63) is 74.6 Å². The second-order valence-electron chi connectivity index (χ2n) is 5.52. The number of aryl methyl sites for hydroxylation is 1. The molecule has 26 heavy (non-hydrogen) atoms. The van der Waals surface area contributed by atoms with Gasteiger partial charge < -0.3 is 4.74 Å². The number of hydrogen-bond acceptors (Lipinski definition) is 5. The Morgan fingerprint density at radius 2 is 1.73 bits per heavy atom. The molecule has 0 aliphatic carbocycles. The van der Waals surface area contributed by atoms with Crippen molar-refractivity contribution in [1.82, 2.24) is 9.78 Å². The summed E-state index contributed by atoms with van der Waals surface area (Å²) in [5.74, 6) is -1.06. The second kappa shape index (κ2) is 7.61. The fourth-order valence-electron chi connectivity index (χ4n) is 2.52. The van der Waals surface area contributed by atoms with E-state index in [0.29, 0.717) is 22.9 Å². The smallest absolute Gasteiger partial charge is 0.359 e. The fourth-order valence-corrected chi connectivity index (χ4v) is 2.78. The minimum absolute atomic E-state index is 0.0191. The molecule has 6 nitrogen and oxygen atoms in total. The zero-order chi connectivity index (χ0) is 18.7. The van der Waals surface area contributed by atoms with Gasteiger partial charge in [0, 0.05) is 22.0 Å². The first-order valence-electron chi connectivity index (χ1n) is 7.97. The number of aromatic nitrogens is 2. The highest BCUT2D eigenvalue weighted by atomic mass is 79.9. The van der Waals surface area contributed by atoms with Crippen molar-refractivity contribution in [2.45, 2.75) is 13.5 Å². The van der Waals surface area contributed by atoms with Gasteiger partial charge in [-0.05, 0) is 25.1 Å². The van der Waals surface area contributed by atoms with Crippen LogP contribution in [0, 0.1) is 0 Å². The van der Waals surface area contributed by atoms with Crippen LogP contribution in [0.3, 0.4) is 0 Å². The maximum absolute atomic E-state index is 12.5. The van der Waals surface area contributed by atoms with E-state index in [1.165, 1.54) is 4.68 Å². The first-order chi connectivity index (χ1) is 12.5. The summed E-state index contributed by atoms with van der Waals surface area (Å²) in [4.78, 5) is 36.9. The quantitative estimate of drug-likeness (QED) is 0.473. The van der Waals surface area contributed by atoms with Crippen LogP contribution < -0.4 is 5.56 Å². The van der Waals surface area contributed by atoms with Crippen LogP contribution in [0.25, 0.3) is 10.8 Å². The average molecular weight is 415 g/mol. The van der Waals surface area contributed by atoms with Crippen LogP contribution in [0.5, 0.6) is 0 Å². The van der Waals surface area contributed by atoms with Crippen molar-refractivity contribution >= 4 is 38.5 Å². The summed E-state index contributed by atoms with van der Waals surface area (Å²) in [5.41, 5.74) is 0.189. The van der Waals surface area contributed by atoms with E-state index in [9.17, 15) is 14.4 Å². The standard InChI is InChI=1S/C19H15BrN2O4/c1-2-22-18(24)15-6-4-3-5-14(15)17(21-22)19(25)26-11-16(23)12-7-9-13(20)10-8-12/h3-10H,2,11H2,1H3. The van der Waals surface area contributed by atoms with Crippen LogP contribution in [-0.2, 0) is 11.3 Å². The molecule has 1 heterocycles. The molecule has 1 aromatic heterocycles. The Kier molecular flexibility index (Phi) is 5.27. The van der Waals surface area contributed by atoms with Gasteiger partial charge in [-0.25, -0.2) is 9.48 Å². The number of Topliss-reactive ketones (excluding diaryl/α,β-unsaturated/α-hetero) is 1. The number of fused-ring (bicyclic) bond motifs is 1. The Morgan fingerprint density at radius 3 is 2.38 bits per heavy atom. The summed E-state index contributed by atoms with van der Waals surface area (Å²) in [6.45, 7) is 1.68. The molecule has 2 aromatic carbocycles. The van der Waals surface area contributed by atoms with E-state index >= 15 is 0 Å². The van der Waals surface area contributed by atoms with Crippen molar-refractivity contribution < 1.29 is 14.3 Å². The van der Waals surface area contributed by atoms with Gasteiger partial charge in [-0.2, -0.15) is 5.10 Å². The fraction of sp³-hybridized carbons (Fsp3) is 0.158. The molecule has 7 heteroatoms. The number of carbonyl (C=O) groups excluding carboxylic acids is 2. The van der Waals surface area contributed by atoms with Crippen LogP contribution in [0.2, 0.25) is 0 Å². The summed E-state index contributed by atoms with van der Waals surface area (Å²) >= 11 is 3.30. The lowest BCUT2D eigenvalue weighted by atomic mass is 10.1. The maximum atomic E-state index is 12.5. The number of hydrogen-bond donors (Lipinski definition) is 0. The third-order valence-corrected chi connectivity index (χ3v) is 4.39. The topological polar surface area (TPSA) is 78.3 Å². The van der Waals surface area contributed by atoms with E-state index in [0.717, 1.165) is 4.47 Å². The zero-order valence-corrected chi connectivity index (χ0v) is 15.5. The predicted molar refractivity (Wildman–Crippen MR) is 100 cm³/mol. The van der Waals surface area contributed by atoms with Gasteiger partial charge in [0.15, 0.2) is 18.1 Å². The molecule has 0 N–H and O–H groups in total. The number of benzene rings is 2. The number of halogens is 1. The molecule has 0 saturated heterocycles. The summed E-state index contributed by atoms with van der Waals surface area (Å²) in [7, 11) is 0. The van der Waals surface area contributed by atoms with Crippen molar-refractivity contribution in [2.75, 3.05) is 6.61 Å². The molecule has 0 saturated carbocycles. The molecule has 0 amide bonds. The number of ether oxygens (including phenoxy) is 1. The van der Waals surface area contributed by atoms with E-state index in [1.54, 1.807) is 55.5 Å². The Bertz CT molecular complexity index is 1040. The largest absolute Gasteiger partial charge is 0.452 e. The van der Waals surface area contributed by atoms with E-state index in [4.69, 9.17) is 4.74 Å². The molecule has 3 aromatic rings. The number of esters is 1. The molecule has 0 aliphatic heterocycles. The Labute approximate surface area is 157 Å². The van der Waals surface area contributed by atoms with Gasteiger partial charge in [0.05, 0.1) is 5.39 Å². The minimum atomic E-state index is -0.742. The van der Waals surface area contributed by atoms with Gasteiger partial charge in [0.1, 0.15) is 0 Å². The molecule has 0 aliphatic rings. The monoisotopic (exact) mass is 414 g/mol. The first kappa shape index (κ1) is 18.0. The molecule has 3 rings (SSSR count). The Balaban J connectivity index is 1.86. The van der Waals surface area contributed by atoms with E-state index < -0.39 is 12.6 Å². The normalized spacial score (nSPS) is 10.7. The van der Waals surface area contributed by atoms with Gasteiger partial charge in [-0.1, -0.05) is 46.3 Å². The van der Waals surface area contributed by atoms with Crippen molar-refractivity contribution in [3.63, 3.8) is 0 Å². The lowest BCUT2D eigenvalue weighted by Gasteiger charge is -2.09. The van der Waals surface area contributed by atoms with Gasteiger partial charge in [0.2, 0.25) is 0 Å². The average Bonchev–Trinajstić information content (AvgIpc) is 2.67. The van der Waals surface area contributed by atoms with E-state index in [2.05, 4.69) is 21.0 Å². The van der Waals surface area contributed by atoms with Gasteiger partial charge in [0.25, 0.3) is 5.56 Å². The summed E-state index contributed by atoms with van der Waals surface area (Å²) in [5, 5.41) is 4.88. The first-order valence-corrected chi connectivity index (χ1v) is 8.76. The van der Waals surface area contributed by atoms with E-state index in [-0.39, 0.29) is 17.0 Å². The second-order valence-corrected chi connectivity index (χ2v) is 6.44. The maximum Gasteiger partial charge on any atom is 0.359 e. The summed E-state index contributed by atoms with van der Waals surface area (Å²) in [6, 6.07) is 13.5. The van der Waals surface area contributed by atoms with Gasteiger partial charge in [-0.3, -0.25) is 9.59 Å². The third kappa shape index (κ3) is 3.57. The molecule has 0 fully saturated rings. The third-order valence-electron chi connectivity index (χ3n) is 3.86. The van der Waals surface area contributed by atoms with Gasteiger partial charge in [-0.15, -0.1) is 0 Å². The molecule has 0 atom stereocenters. The summed E-state index contributed by atoms with van der Waals surface area (Å²) in [6.07, 6.45) is 0. The number of carbonyl (C=O) groups is 2. The minimum Gasteiger partial charge on any atom is -0.452 e. The highest BCUT2D eigenvalue weighted by Crippen LogP contribution is 2.15. The number of nitrogens with zero attached hydrogens (tertiary/aromatic N) is 2. The van der Waals surface area contributed by atoms with Crippen molar-refractivity contribution in [3.8, 4) is 0 Å². The molecule has 0 radical (unpaired) electrons. The number of ketones is 1. The van der Waals surface area contributed by atoms with Crippen LogP contribution in [0.4, 0.5) is 0 Å². The highest BCUT2D eigenvalue weighted by Gasteiger charge is 2.19. The zero-order valence-electron chi connectivity index (χ0n) is 13.9. The molecule has 0 unspecified atom stereocenters. The van der Waals surface area contributed by atoms with E-state index in [1.807, 2.05) is 0 Å². The van der Waals surface area contributed by atoms with Crippen molar-refractivity contribution in [1.29, 1.82) is 0 Å². The molecule has 0 bridgehead atoms. The van der Waals surface area contributed by atoms with Crippen LogP contribution in [0.1, 0.15) is 27.8 Å². The van der Waals surface area contributed by atoms with Gasteiger partial charge >= 0.3 is 5.97 Å². The highest BCUT2D eigenvalue weighted by molar-refractivity contribution is 9.10. The Hall–Kier alpha value is -2.80. The number of rotatable bonds is 5. The molecule has 0 spiro atoms.